The second-order valence-electron chi connectivity index (χ2n) is 6.82. The maximum atomic E-state index is 12.2. The van der Waals surface area contributed by atoms with Crippen LogP contribution in [0.3, 0.4) is 0 Å². The van der Waals surface area contributed by atoms with Crippen molar-refractivity contribution in [1.82, 2.24) is 10.2 Å². The molecule has 0 aliphatic carbocycles. The molecular weight excluding hydrogens is 260 g/mol. The smallest absolute Gasteiger partial charge is 0.410 e. The van der Waals surface area contributed by atoms with E-state index in [1.807, 2.05) is 41.5 Å². The Hall–Kier alpha value is -1.30. The van der Waals surface area contributed by atoms with Crippen molar-refractivity contribution in [3.05, 3.63) is 0 Å². The van der Waals surface area contributed by atoms with Gasteiger partial charge in [-0.15, -0.1) is 0 Å². The summed E-state index contributed by atoms with van der Waals surface area (Å²) >= 11 is 0. The molecule has 1 atom stereocenters. The standard InChI is InChI=1S/C14H28N2O4/c1-10(11(17)18)15-8-9-16(13(2,3)4)12(19)20-14(5,6)7/h10,15H,8-9H2,1-7H3,(H,17,18). The molecule has 0 rings (SSSR count). The molecule has 1 amide bonds. The van der Waals surface area contributed by atoms with Crippen molar-refractivity contribution in [2.24, 2.45) is 0 Å². The van der Waals surface area contributed by atoms with Gasteiger partial charge in [-0.3, -0.25) is 4.79 Å². The number of hydrogen-bond donors (Lipinski definition) is 2. The predicted molar refractivity (Wildman–Crippen MR) is 77.8 cm³/mol. The van der Waals surface area contributed by atoms with Crippen LogP contribution in [0.1, 0.15) is 48.5 Å². The molecule has 6 heteroatoms. The third-order valence-electron chi connectivity index (χ3n) is 2.58. The first kappa shape index (κ1) is 18.7. The van der Waals surface area contributed by atoms with Gasteiger partial charge in [0.2, 0.25) is 0 Å². The summed E-state index contributed by atoms with van der Waals surface area (Å²) in [4.78, 5) is 24.5. The SMILES string of the molecule is CC(NCCN(C(=O)OC(C)(C)C)C(C)(C)C)C(=O)O. The Morgan fingerprint density at radius 2 is 1.70 bits per heavy atom. The van der Waals surface area contributed by atoms with Crippen molar-refractivity contribution in [2.45, 2.75) is 65.6 Å². The highest BCUT2D eigenvalue weighted by Crippen LogP contribution is 2.17. The number of carbonyl (C=O) groups is 2. The Labute approximate surface area is 121 Å². The lowest BCUT2D eigenvalue weighted by Gasteiger charge is -2.37. The molecule has 0 aromatic heterocycles. The summed E-state index contributed by atoms with van der Waals surface area (Å²) in [6.07, 6.45) is -0.394. The highest BCUT2D eigenvalue weighted by atomic mass is 16.6. The van der Waals surface area contributed by atoms with E-state index < -0.39 is 29.2 Å². The fourth-order valence-corrected chi connectivity index (χ4v) is 1.50. The number of aliphatic carboxylic acids is 1. The van der Waals surface area contributed by atoms with Crippen LogP contribution < -0.4 is 5.32 Å². The Morgan fingerprint density at radius 3 is 2.05 bits per heavy atom. The number of ether oxygens (including phenoxy) is 1. The van der Waals surface area contributed by atoms with E-state index in [0.29, 0.717) is 13.1 Å². The van der Waals surface area contributed by atoms with Crippen molar-refractivity contribution >= 4 is 12.1 Å². The molecule has 0 aromatic rings. The number of carbonyl (C=O) groups excluding carboxylic acids is 1. The topological polar surface area (TPSA) is 78.9 Å². The van der Waals surface area contributed by atoms with Gasteiger partial charge in [0.25, 0.3) is 0 Å². The molecule has 0 radical (unpaired) electrons. The van der Waals surface area contributed by atoms with Crippen molar-refractivity contribution in [3.63, 3.8) is 0 Å². The lowest BCUT2D eigenvalue weighted by atomic mass is 10.1. The Kier molecular flexibility index (Phi) is 6.47. The van der Waals surface area contributed by atoms with Gasteiger partial charge < -0.3 is 20.1 Å². The third kappa shape index (κ3) is 7.33. The molecule has 6 nitrogen and oxygen atoms in total. The Balaban J connectivity index is 4.60. The first-order valence-corrected chi connectivity index (χ1v) is 6.81. The van der Waals surface area contributed by atoms with Crippen LogP contribution in [0.5, 0.6) is 0 Å². The molecule has 0 aliphatic heterocycles. The second-order valence-corrected chi connectivity index (χ2v) is 6.82. The van der Waals surface area contributed by atoms with Crippen LogP contribution in [0.15, 0.2) is 0 Å². The summed E-state index contributed by atoms with van der Waals surface area (Å²) in [6, 6.07) is -0.643. The summed E-state index contributed by atoms with van der Waals surface area (Å²) < 4.78 is 5.37. The summed E-state index contributed by atoms with van der Waals surface area (Å²) in [5.74, 6) is -0.912. The van der Waals surface area contributed by atoms with Crippen LogP contribution in [-0.4, -0.2) is 52.3 Å². The molecule has 0 bridgehead atoms. The van der Waals surface area contributed by atoms with E-state index in [1.54, 1.807) is 11.8 Å². The van der Waals surface area contributed by atoms with Gasteiger partial charge in [0.1, 0.15) is 11.6 Å². The van der Waals surface area contributed by atoms with Gasteiger partial charge in [-0.2, -0.15) is 0 Å². The molecule has 1 unspecified atom stereocenters. The number of rotatable bonds is 5. The maximum absolute atomic E-state index is 12.2. The molecule has 2 N–H and O–H groups in total. The molecule has 0 saturated carbocycles. The second kappa shape index (κ2) is 6.92. The van der Waals surface area contributed by atoms with Gasteiger partial charge >= 0.3 is 12.1 Å². The molecule has 0 spiro atoms. The van der Waals surface area contributed by atoms with Crippen LogP contribution in [0.2, 0.25) is 0 Å². The van der Waals surface area contributed by atoms with E-state index in [-0.39, 0.29) is 0 Å². The predicted octanol–water partition coefficient (Wildman–Crippen LogP) is 2.08. The van der Waals surface area contributed by atoms with Crippen LogP contribution in [0, 0.1) is 0 Å². The van der Waals surface area contributed by atoms with Gasteiger partial charge in [0.15, 0.2) is 0 Å². The van der Waals surface area contributed by atoms with Gasteiger partial charge in [0, 0.05) is 18.6 Å². The fourth-order valence-electron chi connectivity index (χ4n) is 1.50. The minimum Gasteiger partial charge on any atom is -0.480 e. The lowest BCUT2D eigenvalue weighted by Crippen LogP contribution is -2.51. The largest absolute Gasteiger partial charge is 0.480 e. The summed E-state index contributed by atoms with van der Waals surface area (Å²) in [5, 5.41) is 11.7. The number of nitrogens with one attached hydrogen (secondary N) is 1. The number of hydrogen-bond acceptors (Lipinski definition) is 4. The Bertz CT molecular complexity index is 342. The van der Waals surface area contributed by atoms with Crippen LogP contribution in [0.4, 0.5) is 4.79 Å². The van der Waals surface area contributed by atoms with E-state index in [9.17, 15) is 9.59 Å². The summed E-state index contributed by atoms with van der Waals surface area (Å²) in [6.45, 7) is 13.5. The first-order chi connectivity index (χ1) is 8.84. The van der Waals surface area contributed by atoms with Crippen LogP contribution >= 0.6 is 0 Å². The molecular formula is C14H28N2O4. The van der Waals surface area contributed by atoms with Crippen molar-refractivity contribution < 1.29 is 19.4 Å². The molecule has 0 saturated heterocycles. The lowest BCUT2D eigenvalue weighted by molar-refractivity contribution is -0.138. The molecule has 0 fully saturated rings. The van der Waals surface area contributed by atoms with Gasteiger partial charge in [-0.25, -0.2) is 4.79 Å². The van der Waals surface area contributed by atoms with E-state index in [2.05, 4.69) is 5.32 Å². The average molecular weight is 288 g/mol. The van der Waals surface area contributed by atoms with Crippen LogP contribution in [0.25, 0.3) is 0 Å². The van der Waals surface area contributed by atoms with Crippen molar-refractivity contribution in [2.75, 3.05) is 13.1 Å². The molecule has 118 valence electrons. The molecule has 0 aromatic carbocycles. The zero-order valence-electron chi connectivity index (χ0n) is 13.6. The number of amides is 1. The summed E-state index contributed by atoms with van der Waals surface area (Å²) in [7, 11) is 0. The first-order valence-electron chi connectivity index (χ1n) is 6.81. The number of carboxylic acids is 1. The van der Waals surface area contributed by atoms with Gasteiger partial charge in [0.05, 0.1) is 0 Å². The Morgan fingerprint density at radius 1 is 1.20 bits per heavy atom. The normalized spacial score (nSPS) is 13.8. The van der Waals surface area contributed by atoms with E-state index in [1.165, 1.54) is 0 Å². The minimum absolute atomic E-state index is 0.385. The van der Waals surface area contributed by atoms with Gasteiger partial charge in [-0.1, -0.05) is 0 Å². The third-order valence-corrected chi connectivity index (χ3v) is 2.58. The monoisotopic (exact) mass is 288 g/mol. The molecule has 0 aliphatic rings. The van der Waals surface area contributed by atoms with E-state index in [4.69, 9.17) is 9.84 Å². The van der Waals surface area contributed by atoms with Crippen LogP contribution in [-0.2, 0) is 9.53 Å². The molecule has 20 heavy (non-hydrogen) atoms. The summed E-state index contributed by atoms with van der Waals surface area (Å²) in [5.41, 5.74) is -0.946. The van der Waals surface area contributed by atoms with E-state index >= 15 is 0 Å². The highest BCUT2D eigenvalue weighted by Gasteiger charge is 2.30. The average Bonchev–Trinajstić information content (AvgIpc) is 2.18. The number of nitrogens with zero attached hydrogens (tertiary/aromatic N) is 1. The van der Waals surface area contributed by atoms with E-state index in [0.717, 1.165) is 0 Å². The van der Waals surface area contributed by atoms with Gasteiger partial charge in [-0.05, 0) is 48.5 Å². The fraction of sp³-hybridized carbons (Fsp3) is 0.857. The highest BCUT2D eigenvalue weighted by molar-refractivity contribution is 5.72. The van der Waals surface area contributed by atoms with Crippen molar-refractivity contribution in [1.29, 1.82) is 0 Å². The number of carboxylic acid groups (broad SMARTS) is 1. The maximum Gasteiger partial charge on any atom is 0.410 e. The quantitative estimate of drug-likeness (QED) is 0.810. The van der Waals surface area contributed by atoms with Crippen molar-refractivity contribution in [3.8, 4) is 0 Å². The minimum atomic E-state index is -0.912. The zero-order valence-corrected chi connectivity index (χ0v) is 13.6. The molecule has 0 heterocycles. The zero-order chi connectivity index (χ0) is 16.1.